The van der Waals surface area contributed by atoms with Crippen molar-refractivity contribution < 1.29 is 13.9 Å². The van der Waals surface area contributed by atoms with Crippen LogP contribution >= 0.6 is 0 Å². The van der Waals surface area contributed by atoms with E-state index in [1.165, 1.54) is 6.07 Å². The van der Waals surface area contributed by atoms with Gasteiger partial charge in [-0.15, -0.1) is 10.2 Å². The first-order valence-corrected chi connectivity index (χ1v) is 10.3. The number of morpholine rings is 1. The van der Waals surface area contributed by atoms with Crippen LogP contribution in [0.2, 0.25) is 0 Å². The zero-order chi connectivity index (χ0) is 21.8. The van der Waals surface area contributed by atoms with Crippen LogP contribution in [0.15, 0.2) is 36.4 Å². The van der Waals surface area contributed by atoms with Gasteiger partial charge in [0.2, 0.25) is 5.91 Å². The van der Waals surface area contributed by atoms with Crippen molar-refractivity contribution in [1.82, 2.24) is 20.0 Å². The number of rotatable bonds is 6. The van der Waals surface area contributed by atoms with Crippen molar-refractivity contribution in [3.8, 4) is 5.82 Å². The maximum Gasteiger partial charge on any atom is 0.224 e. The maximum atomic E-state index is 13.7. The van der Waals surface area contributed by atoms with Gasteiger partial charge in [-0.2, -0.15) is 5.10 Å². The van der Waals surface area contributed by atoms with Crippen molar-refractivity contribution in [2.75, 3.05) is 36.5 Å². The number of aryl methyl sites for hydroxylation is 1. The van der Waals surface area contributed by atoms with Gasteiger partial charge in [0.05, 0.1) is 24.6 Å². The van der Waals surface area contributed by atoms with Gasteiger partial charge in [-0.3, -0.25) is 4.79 Å². The molecule has 0 spiro atoms. The Kier molecular flexibility index (Phi) is 6.22. The van der Waals surface area contributed by atoms with Gasteiger partial charge in [0.15, 0.2) is 11.6 Å². The predicted molar refractivity (Wildman–Crippen MR) is 115 cm³/mol. The number of hydrogen-bond donors (Lipinski definition) is 1. The summed E-state index contributed by atoms with van der Waals surface area (Å²) in [7, 11) is 0. The number of carbonyl (C=O) groups is 1. The summed E-state index contributed by atoms with van der Waals surface area (Å²) >= 11 is 0. The third-order valence-corrected chi connectivity index (χ3v) is 5.38. The van der Waals surface area contributed by atoms with Crippen LogP contribution in [-0.2, 0) is 16.0 Å². The van der Waals surface area contributed by atoms with Gasteiger partial charge < -0.3 is 15.0 Å². The number of hydrogen-bond acceptors (Lipinski definition) is 6. The highest BCUT2D eigenvalue weighted by atomic mass is 19.1. The van der Waals surface area contributed by atoms with Gasteiger partial charge in [-0.05, 0) is 50.1 Å². The Morgan fingerprint density at radius 2 is 1.81 bits per heavy atom. The second-order valence-corrected chi connectivity index (χ2v) is 7.44. The molecule has 1 fully saturated rings. The molecule has 162 valence electrons. The van der Waals surface area contributed by atoms with Gasteiger partial charge in [0.1, 0.15) is 5.82 Å². The van der Waals surface area contributed by atoms with Gasteiger partial charge in [-0.1, -0.05) is 12.1 Å². The van der Waals surface area contributed by atoms with Gasteiger partial charge >= 0.3 is 0 Å². The third-order valence-electron chi connectivity index (χ3n) is 5.38. The number of nitrogens with one attached hydrogen (secondary N) is 1. The van der Waals surface area contributed by atoms with Gasteiger partial charge in [0.25, 0.3) is 0 Å². The first-order valence-electron chi connectivity index (χ1n) is 10.3. The Hall–Kier alpha value is -3.33. The molecule has 1 amide bonds. The average molecular weight is 424 g/mol. The van der Waals surface area contributed by atoms with Crippen molar-refractivity contribution in [2.45, 2.75) is 26.7 Å². The van der Waals surface area contributed by atoms with E-state index in [1.807, 2.05) is 26.0 Å². The molecule has 0 unspecified atom stereocenters. The Morgan fingerprint density at radius 1 is 1.10 bits per heavy atom. The fourth-order valence-electron chi connectivity index (χ4n) is 3.67. The lowest BCUT2D eigenvalue weighted by molar-refractivity contribution is -0.116. The molecule has 0 saturated carbocycles. The molecule has 0 radical (unpaired) electrons. The molecule has 1 aromatic carbocycles. The Balaban J connectivity index is 1.43. The van der Waals surface area contributed by atoms with Gasteiger partial charge in [-0.25, -0.2) is 9.07 Å². The first-order chi connectivity index (χ1) is 15.0. The topological polar surface area (TPSA) is 85.2 Å². The van der Waals surface area contributed by atoms with Crippen LogP contribution in [0.3, 0.4) is 0 Å². The molecule has 0 aliphatic carbocycles. The van der Waals surface area contributed by atoms with E-state index in [9.17, 15) is 9.18 Å². The number of aromatic nitrogens is 4. The lowest BCUT2D eigenvalue weighted by atomic mass is 10.1. The predicted octanol–water partition coefficient (Wildman–Crippen LogP) is 2.83. The molecule has 1 N–H and O–H groups in total. The highest BCUT2D eigenvalue weighted by Crippen LogP contribution is 2.20. The van der Waals surface area contributed by atoms with Crippen LogP contribution in [0.4, 0.5) is 15.9 Å². The van der Waals surface area contributed by atoms with E-state index >= 15 is 0 Å². The number of anilines is 2. The molecule has 8 nitrogen and oxygen atoms in total. The maximum absolute atomic E-state index is 13.7. The highest BCUT2D eigenvalue weighted by Gasteiger charge is 2.17. The van der Waals surface area contributed by atoms with E-state index in [0.717, 1.165) is 35.9 Å². The molecular formula is C22H25FN6O2. The van der Waals surface area contributed by atoms with Gasteiger partial charge in [0, 0.05) is 25.2 Å². The molecule has 1 saturated heterocycles. The molecule has 2 aromatic heterocycles. The van der Waals surface area contributed by atoms with Crippen LogP contribution in [-0.4, -0.2) is 52.2 Å². The summed E-state index contributed by atoms with van der Waals surface area (Å²) in [5.41, 5.74) is 2.90. The van der Waals surface area contributed by atoms with Crippen LogP contribution in [0.5, 0.6) is 0 Å². The fourth-order valence-corrected chi connectivity index (χ4v) is 3.67. The minimum Gasteiger partial charge on any atom is -0.378 e. The number of amides is 1. The van der Waals surface area contributed by atoms with Crippen molar-refractivity contribution in [1.29, 1.82) is 0 Å². The number of nitrogens with zero attached hydrogens (tertiary/aromatic N) is 5. The van der Waals surface area contributed by atoms with Crippen LogP contribution in [0, 0.1) is 19.7 Å². The molecule has 3 heterocycles. The van der Waals surface area contributed by atoms with E-state index in [4.69, 9.17) is 4.74 Å². The van der Waals surface area contributed by atoms with E-state index in [0.29, 0.717) is 25.5 Å². The molecule has 9 heteroatoms. The summed E-state index contributed by atoms with van der Waals surface area (Å²) in [5, 5.41) is 15.9. The normalized spacial score (nSPS) is 14.0. The molecule has 3 aromatic rings. The number of halogens is 1. The lowest BCUT2D eigenvalue weighted by Crippen LogP contribution is -2.36. The molecule has 31 heavy (non-hydrogen) atoms. The molecule has 4 rings (SSSR count). The monoisotopic (exact) mass is 424 g/mol. The van der Waals surface area contributed by atoms with E-state index in [2.05, 4.69) is 25.5 Å². The third kappa shape index (κ3) is 4.72. The van der Waals surface area contributed by atoms with Crippen LogP contribution in [0.25, 0.3) is 5.82 Å². The lowest BCUT2D eigenvalue weighted by Gasteiger charge is -2.27. The smallest absolute Gasteiger partial charge is 0.224 e. The zero-order valence-electron chi connectivity index (χ0n) is 17.6. The summed E-state index contributed by atoms with van der Waals surface area (Å²) in [6.45, 7) is 6.83. The Morgan fingerprint density at radius 3 is 2.52 bits per heavy atom. The summed E-state index contributed by atoms with van der Waals surface area (Å²) < 4.78 is 20.8. The minimum atomic E-state index is -0.449. The largest absolute Gasteiger partial charge is 0.378 e. The van der Waals surface area contributed by atoms with Crippen LogP contribution in [0.1, 0.15) is 23.4 Å². The fraction of sp³-hybridized carbons (Fsp3) is 0.364. The molecule has 0 bridgehead atoms. The van der Waals surface area contributed by atoms with E-state index < -0.39 is 5.82 Å². The summed E-state index contributed by atoms with van der Waals surface area (Å²) in [6, 6.07) is 9.96. The second-order valence-electron chi connectivity index (χ2n) is 7.44. The van der Waals surface area contributed by atoms with Crippen molar-refractivity contribution in [2.24, 2.45) is 0 Å². The Bertz CT molecular complexity index is 1060. The summed E-state index contributed by atoms with van der Waals surface area (Å²) in [5.74, 6) is 0.750. The number of para-hydroxylation sites is 1. The average Bonchev–Trinajstić information content (AvgIpc) is 3.08. The Labute approximate surface area is 180 Å². The van der Waals surface area contributed by atoms with E-state index in [1.54, 1.807) is 22.9 Å². The summed E-state index contributed by atoms with van der Waals surface area (Å²) in [4.78, 5) is 14.4. The standard InChI is InChI=1S/C22H25FN6O2/c1-15-17(7-10-22(30)24-19-6-4-3-5-18(19)23)16(2)29(27-15)21-9-8-20(25-26-21)28-11-13-31-14-12-28/h3-6,8-9H,7,10-14H2,1-2H3,(H,24,30). The SMILES string of the molecule is Cc1nn(-c2ccc(N3CCOCC3)nn2)c(C)c1CCC(=O)Nc1ccccc1F. The van der Waals surface area contributed by atoms with Crippen molar-refractivity contribution in [3.63, 3.8) is 0 Å². The number of ether oxygens (including phenoxy) is 1. The number of benzene rings is 1. The zero-order valence-corrected chi connectivity index (χ0v) is 17.6. The quantitative estimate of drug-likeness (QED) is 0.655. The van der Waals surface area contributed by atoms with E-state index in [-0.39, 0.29) is 18.0 Å². The number of carbonyl (C=O) groups excluding carboxylic acids is 1. The van der Waals surface area contributed by atoms with Crippen molar-refractivity contribution >= 4 is 17.4 Å². The molecular weight excluding hydrogens is 399 g/mol. The molecule has 0 atom stereocenters. The second kappa shape index (κ2) is 9.22. The first kappa shape index (κ1) is 20.9. The highest BCUT2D eigenvalue weighted by molar-refractivity contribution is 5.90. The summed E-state index contributed by atoms with van der Waals surface area (Å²) in [6.07, 6.45) is 0.723. The van der Waals surface area contributed by atoms with Crippen molar-refractivity contribution in [3.05, 3.63) is 59.2 Å². The molecule has 1 aliphatic rings. The van der Waals surface area contributed by atoms with Crippen LogP contribution < -0.4 is 10.2 Å². The molecule has 1 aliphatic heterocycles. The minimum absolute atomic E-state index is 0.187.